The molecule has 2 aliphatic rings. The van der Waals surface area contributed by atoms with E-state index in [0.717, 1.165) is 19.3 Å². The first-order chi connectivity index (χ1) is 14.7. The molecule has 0 bridgehead atoms. The summed E-state index contributed by atoms with van der Waals surface area (Å²) >= 11 is 0. The fraction of sp³-hybridized carbons (Fsp3) is 0.636. The average Bonchev–Trinajstić information content (AvgIpc) is 2.71. The van der Waals surface area contributed by atoms with E-state index in [4.69, 9.17) is 14.2 Å². The van der Waals surface area contributed by atoms with E-state index in [1.807, 2.05) is 6.92 Å². The number of hydrogen-bond donors (Lipinski definition) is 1. The van der Waals surface area contributed by atoms with Gasteiger partial charge in [0.1, 0.15) is 5.92 Å². The van der Waals surface area contributed by atoms with E-state index < -0.39 is 30.4 Å². The van der Waals surface area contributed by atoms with Crippen molar-refractivity contribution in [3.05, 3.63) is 22.5 Å². The Bertz CT molecular complexity index is 760. The molecule has 1 amide bonds. The second-order valence-corrected chi connectivity index (χ2v) is 7.62. The Morgan fingerprint density at radius 1 is 0.935 bits per heavy atom. The molecule has 31 heavy (non-hydrogen) atoms. The third kappa shape index (κ3) is 5.65. The number of carbonyl (C=O) groups is 4. The Labute approximate surface area is 182 Å². The monoisotopic (exact) mass is 436 g/mol. The highest BCUT2D eigenvalue weighted by Gasteiger charge is 2.42. The lowest BCUT2D eigenvalue weighted by atomic mass is 9.85. The van der Waals surface area contributed by atoms with Gasteiger partial charge in [-0.2, -0.15) is 0 Å². The lowest BCUT2D eigenvalue weighted by Crippen LogP contribution is -2.45. The van der Waals surface area contributed by atoms with Crippen molar-refractivity contribution in [2.75, 3.05) is 26.4 Å². The average molecular weight is 437 g/mol. The maximum Gasteiger partial charge on any atom is 0.337 e. The van der Waals surface area contributed by atoms with Gasteiger partial charge < -0.3 is 24.4 Å². The molecule has 0 spiro atoms. The van der Waals surface area contributed by atoms with Gasteiger partial charge in [0, 0.05) is 24.0 Å². The molecular weight excluding hydrogens is 404 g/mol. The smallest absolute Gasteiger partial charge is 0.337 e. The summed E-state index contributed by atoms with van der Waals surface area (Å²) < 4.78 is 15.5. The highest BCUT2D eigenvalue weighted by atomic mass is 16.5. The van der Waals surface area contributed by atoms with Gasteiger partial charge in [-0.05, 0) is 53.9 Å². The number of carbonyl (C=O) groups excluding carboxylic acids is 4. The molecule has 1 atom stereocenters. The standard InChI is InChI=1S/C22H32N2O7/c1-6-29-20(26)17-14(4)23-15(5)18(21(27)30-7-2)19(17)22(28)31-12-16(25)24-11-9-8-10-13(24)3/h13,19,23H,6-12H2,1-5H3/t13-/m0/s1. The Hall–Kier alpha value is -2.84. The number of amides is 1. The maximum absolute atomic E-state index is 13.1. The molecule has 0 radical (unpaired) electrons. The first-order valence-electron chi connectivity index (χ1n) is 10.7. The van der Waals surface area contributed by atoms with E-state index in [2.05, 4.69) is 5.32 Å². The zero-order chi connectivity index (χ0) is 23.1. The van der Waals surface area contributed by atoms with Gasteiger partial charge in [-0.3, -0.25) is 9.59 Å². The minimum atomic E-state index is -1.34. The minimum Gasteiger partial charge on any atom is -0.463 e. The number of esters is 3. The maximum atomic E-state index is 13.1. The van der Waals surface area contributed by atoms with Crippen LogP contribution in [-0.2, 0) is 33.4 Å². The van der Waals surface area contributed by atoms with Crippen molar-refractivity contribution in [2.45, 2.75) is 59.9 Å². The van der Waals surface area contributed by atoms with Crippen molar-refractivity contribution in [1.29, 1.82) is 0 Å². The Morgan fingerprint density at radius 3 is 1.97 bits per heavy atom. The van der Waals surface area contributed by atoms with Crippen LogP contribution in [0.15, 0.2) is 22.5 Å². The second-order valence-electron chi connectivity index (χ2n) is 7.62. The van der Waals surface area contributed by atoms with Gasteiger partial charge in [-0.25, -0.2) is 9.59 Å². The summed E-state index contributed by atoms with van der Waals surface area (Å²) in [6.45, 7) is 8.81. The lowest BCUT2D eigenvalue weighted by Gasteiger charge is -2.33. The highest BCUT2D eigenvalue weighted by molar-refractivity contribution is 6.05. The molecule has 2 aliphatic heterocycles. The molecule has 2 rings (SSSR count). The number of nitrogens with zero attached hydrogens (tertiary/aromatic N) is 1. The van der Waals surface area contributed by atoms with Crippen LogP contribution in [0.4, 0.5) is 0 Å². The van der Waals surface area contributed by atoms with Gasteiger partial charge in [0.15, 0.2) is 6.61 Å². The van der Waals surface area contributed by atoms with Crippen LogP contribution in [0.25, 0.3) is 0 Å². The summed E-state index contributed by atoms with van der Waals surface area (Å²) in [7, 11) is 0. The summed E-state index contributed by atoms with van der Waals surface area (Å²) in [5.41, 5.74) is 0.697. The fourth-order valence-corrected chi connectivity index (χ4v) is 3.96. The first-order valence-corrected chi connectivity index (χ1v) is 10.7. The number of rotatable bonds is 7. The van der Waals surface area contributed by atoms with Crippen molar-refractivity contribution in [2.24, 2.45) is 5.92 Å². The van der Waals surface area contributed by atoms with Crippen molar-refractivity contribution >= 4 is 23.8 Å². The second kappa shape index (κ2) is 11.0. The minimum absolute atomic E-state index is 0.0284. The van der Waals surface area contributed by atoms with Crippen molar-refractivity contribution in [3.8, 4) is 0 Å². The molecule has 0 unspecified atom stereocenters. The molecule has 9 heteroatoms. The van der Waals surface area contributed by atoms with E-state index in [-0.39, 0.29) is 36.3 Å². The molecule has 0 aliphatic carbocycles. The quantitative estimate of drug-likeness (QED) is 0.475. The third-order valence-corrected chi connectivity index (χ3v) is 5.45. The van der Waals surface area contributed by atoms with Crippen molar-refractivity contribution < 1.29 is 33.4 Å². The topological polar surface area (TPSA) is 111 Å². The number of nitrogens with one attached hydrogen (secondary N) is 1. The van der Waals surface area contributed by atoms with Crippen LogP contribution in [0, 0.1) is 5.92 Å². The van der Waals surface area contributed by atoms with Gasteiger partial charge in [-0.15, -0.1) is 0 Å². The summed E-state index contributed by atoms with van der Waals surface area (Å²) in [6, 6.07) is 0.0771. The summed E-state index contributed by atoms with van der Waals surface area (Å²) in [5, 5.41) is 2.94. The normalized spacial score (nSPS) is 19.6. The van der Waals surface area contributed by atoms with Crippen LogP contribution in [0.2, 0.25) is 0 Å². The zero-order valence-corrected chi connectivity index (χ0v) is 18.9. The number of ether oxygens (including phenoxy) is 3. The zero-order valence-electron chi connectivity index (χ0n) is 18.9. The predicted molar refractivity (Wildman–Crippen MR) is 111 cm³/mol. The fourth-order valence-electron chi connectivity index (χ4n) is 3.96. The highest BCUT2D eigenvalue weighted by Crippen LogP contribution is 2.32. The lowest BCUT2D eigenvalue weighted by molar-refractivity contribution is -0.157. The molecule has 2 heterocycles. The molecule has 0 saturated carbocycles. The third-order valence-electron chi connectivity index (χ3n) is 5.45. The van der Waals surface area contributed by atoms with Crippen LogP contribution in [-0.4, -0.2) is 61.1 Å². The molecule has 0 aromatic rings. The van der Waals surface area contributed by atoms with Crippen LogP contribution < -0.4 is 5.32 Å². The number of dihydropyridines is 1. The predicted octanol–water partition coefficient (Wildman–Crippen LogP) is 1.82. The van der Waals surface area contributed by atoms with E-state index in [9.17, 15) is 19.2 Å². The van der Waals surface area contributed by atoms with Crippen molar-refractivity contribution in [3.63, 3.8) is 0 Å². The molecule has 1 saturated heterocycles. The molecular formula is C22H32N2O7. The van der Waals surface area contributed by atoms with Gasteiger partial charge in [0.25, 0.3) is 5.91 Å². The van der Waals surface area contributed by atoms with Crippen LogP contribution >= 0.6 is 0 Å². The van der Waals surface area contributed by atoms with Gasteiger partial charge in [-0.1, -0.05) is 0 Å². The van der Waals surface area contributed by atoms with E-state index in [0.29, 0.717) is 17.9 Å². The van der Waals surface area contributed by atoms with E-state index >= 15 is 0 Å². The van der Waals surface area contributed by atoms with Crippen LogP contribution in [0.5, 0.6) is 0 Å². The molecule has 1 N–H and O–H groups in total. The van der Waals surface area contributed by atoms with Gasteiger partial charge in [0.05, 0.1) is 24.4 Å². The van der Waals surface area contributed by atoms with Gasteiger partial charge >= 0.3 is 17.9 Å². The van der Waals surface area contributed by atoms with E-state index in [1.54, 1.807) is 32.6 Å². The van der Waals surface area contributed by atoms with Gasteiger partial charge in [0.2, 0.25) is 0 Å². The Morgan fingerprint density at radius 2 is 1.48 bits per heavy atom. The molecule has 0 aromatic carbocycles. The number of likely N-dealkylation sites (tertiary alicyclic amines) is 1. The Kier molecular flexibility index (Phi) is 8.65. The molecule has 9 nitrogen and oxygen atoms in total. The molecule has 172 valence electrons. The molecule has 1 fully saturated rings. The largest absolute Gasteiger partial charge is 0.463 e. The Balaban J connectivity index is 2.28. The summed E-state index contributed by atoms with van der Waals surface area (Å²) in [6.07, 6.45) is 2.86. The number of allylic oxidation sites excluding steroid dienone is 2. The van der Waals surface area contributed by atoms with Crippen LogP contribution in [0.3, 0.4) is 0 Å². The van der Waals surface area contributed by atoms with E-state index in [1.165, 1.54) is 0 Å². The molecule has 0 aromatic heterocycles. The summed E-state index contributed by atoms with van der Waals surface area (Å²) in [5.74, 6) is -3.99. The SMILES string of the molecule is CCOC(=O)C1=C(C)NC(C)=C(C(=O)OCC)C1C(=O)OCC(=O)N1CCCC[C@@H]1C. The van der Waals surface area contributed by atoms with Crippen molar-refractivity contribution in [1.82, 2.24) is 10.2 Å². The van der Waals surface area contributed by atoms with Crippen LogP contribution in [0.1, 0.15) is 53.9 Å². The first kappa shape index (κ1) is 24.4. The number of piperidine rings is 1. The number of hydrogen-bond acceptors (Lipinski definition) is 8. The summed E-state index contributed by atoms with van der Waals surface area (Å²) in [4.78, 5) is 52.6.